The highest BCUT2D eigenvalue weighted by molar-refractivity contribution is 5.72. The third kappa shape index (κ3) is 2.23. The van der Waals surface area contributed by atoms with E-state index in [1.54, 1.807) is 0 Å². The first-order valence-corrected chi connectivity index (χ1v) is 5.44. The van der Waals surface area contributed by atoms with E-state index in [0.717, 1.165) is 13.1 Å². The fourth-order valence-electron chi connectivity index (χ4n) is 2.01. The molecule has 0 fully saturated rings. The number of rotatable bonds is 2. The third-order valence-corrected chi connectivity index (χ3v) is 2.68. The highest BCUT2D eigenvalue weighted by Gasteiger charge is 2.17. The van der Waals surface area contributed by atoms with Gasteiger partial charge < -0.3 is 15.3 Å². The largest absolute Gasteiger partial charge is 0.392 e. The van der Waals surface area contributed by atoms with Crippen molar-refractivity contribution in [2.24, 2.45) is 0 Å². The van der Waals surface area contributed by atoms with Crippen molar-refractivity contribution in [2.75, 3.05) is 29.9 Å². The van der Waals surface area contributed by atoms with Crippen LogP contribution in [-0.4, -0.2) is 30.8 Å². The number of fused-ring (bicyclic) bond motifs is 1. The second-order valence-electron chi connectivity index (χ2n) is 4.24. The lowest BCUT2D eigenvalue weighted by atomic mass is 10.1. The lowest BCUT2D eigenvalue weighted by Gasteiger charge is -2.33. The van der Waals surface area contributed by atoms with E-state index in [2.05, 4.69) is 35.3 Å². The van der Waals surface area contributed by atoms with E-state index in [-0.39, 0.29) is 6.10 Å². The summed E-state index contributed by atoms with van der Waals surface area (Å²) < 4.78 is 0. The summed E-state index contributed by atoms with van der Waals surface area (Å²) in [6.45, 7) is 6.54. The van der Waals surface area contributed by atoms with Crippen LogP contribution in [0.3, 0.4) is 0 Å². The van der Waals surface area contributed by atoms with Crippen molar-refractivity contribution in [3.8, 4) is 0 Å². The second kappa shape index (κ2) is 4.11. The number of hydrogen-bond donors (Lipinski definition) is 2. The summed E-state index contributed by atoms with van der Waals surface area (Å²) in [5.74, 6) is 0. The number of aryl methyl sites for hydroxylation is 1. The number of β-amino-alcohol motifs (C(OH)–C–C–N with tert-alkyl or cyclic N) is 1. The number of benzene rings is 1. The normalized spacial score (nSPS) is 16.9. The molecule has 0 amide bonds. The molecule has 82 valence electrons. The van der Waals surface area contributed by atoms with Gasteiger partial charge in [-0.2, -0.15) is 0 Å². The van der Waals surface area contributed by atoms with E-state index in [0.29, 0.717) is 6.54 Å². The Morgan fingerprint density at radius 1 is 1.53 bits per heavy atom. The highest BCUT2D eigenvalue weighted by Crippen LogP contribution is 2.29. The first kappa shape index (κ1) is 10.3. The van der Waals surface area contributed by atoms with Gasteiger partial charge in [0.2, 0.25) is 0 Å². The fourth-order valence-corrected chi connectivity index (χ4v) is 2.01. The molecule has 2 rings (SSSR count). The Hall–Kier alpha value is -1.22. The van der Waals surface area contributed by atoms with Crippen molar-refractivity contribution in [3.63, 3.8) is 0 Å². The van der Waals surface area contributed by atoms with Crippen LogP contribution in [-0.2, 0) is 0 Å². The zero-order chi connectivity index (χ0) is 10.8. The molecule has 1 aromatic rings. The van der Waals surface area contributed by atoms with Gasteiger partial charge in [-0.3, -0.25) is 0 Å². The number of nitrogens with one attached hydrogen (secondary N) is 1. The Bertz CT molecular complexity index is 349. The first-order chi connectivity index (χ1) is 7.16. The van der Waals surface area contributed by atoms with E-state index < -0.39 is 0 Å². The summed E-state index contributed by atoms with van der Waals surface area (Å²) in [6.07, 6.45) is -0.281. The molecule has 1 aliphatic rings. The predicted molar refractivity (Wildman–Crippen MR) is 63.6 cm³/mol. The SMILES string of the molecule is Cc1ccc2c(c1)N(CC(C)O)CCN2. The Balaban J connectivity index is 2.28. The second-order valence-corrected chi connectivity index (χ2v) is 4.24. The summed E-state index contributed by atoms with van der Waals surface area (Å²) in [4.78, 5) is 2.24. The quantitative estimate of drug-likeness (QED) is 0.771. The van der Waals surface area contributed by atoms with Gasteiger partial charge in [-0.1, -0.05) is 6.07 Å². The molecule has 1 heterocycles. The van der Waals surface area contributed by atoms with Crippen molar-refractivity contribution in [3.05, 3.63) is 23.8 Å². The van der Waals surface area contributed by atoms with Gasteiger partial charge in [0.1, 0.15) is 0 Å². The Kier molecular flexibility index (Phi) is 2.82. The van der Waals surface area contributed by atoms with Crippen LogP contribution in [0.15, 0.2) is 18.2 Å². The van der Waals surface area contributed by atoms with E-state index >= 15 is 0 Å². The zero-order valence-electron chi connectivity index (χ0n) is 9.33. The first-order valence-electron chi connectivity index (χ1n) is 5.44. The Morgan fingerprint density at radius 3 is 3.07 bits per heavy atom. The van der Waals surface area contributed by atoms with Crippen LogP contribution in [0.5, 0.6) is 0 Å². The van der Waals surface area contributed by atoms with Gasteiger partial charge in [0, 0.05) is 19.6 Å². The van der Waals surface area contributed by atoms with Crippen LogP contribution in [0.25, 0.3) is 0 Å². The average Bonchev–Trinajstić information content (AvgIpc) is 2.18. The highest BCUT2D eigenvalue weighted by atomic mass is 16.3. The molecular formula is C12H18N2O. The topological polar surface area (TPSA) is 35.5 Å². The van der Waals surface area contributed by atoms with Crippen LogP contribution in [0.2, 0.25) is 0 Å². The predicted octanol–water partition coefficient (Wildman–Crippen LogP) is 1.61. The van der Waals surface area contributed by atoms with Gasteiger partial charge >= 0.3 is 0 Å². The van der Waals surface area contributed by atoms with Crippen molar-refractivity contribution in [1.29, 1.82) is 0 Å². The lowest BCUT2D eigenvalue weighted by Crippen LogP contribution is -2.38. The van der Waals surface area contributed by atoms with E-state index in [9.17, 15) is 5.11 Å². The van der Waals surface area contributed by atoms with Gasteiger partial charge in [-0.25, -0.2) is 0 Å². The maximum absolute atomic E-state index is 9.44. The standard InChI is InChI=1S/C12H18N2O/c1-9-3-4-11-12(7-9)14(6-5-13-11)8-10(2)15/h3-4,7,10,13,15H,5-6,8H2,1-2H3. The maximum Gasteiger partial charge on any atom is 0.0687 e. The van der Waals surface area contributed by atoms with Crippen molar-refractivity contribution >= 4 is 11.4 Å². The Labute approximate surface area is 90.7 Å². The minimum absolute atomic E-state index is 0.281. The molecule has 15 heavy (non-hydrogen) atoms. The molecule has 0 aromatic heterocycles. The number of aliphatic hydroxyl groups excluding tert-OH is 1. The van der Waals surface area contributed by atoms with Crippen molar-refractivity contribution in [2.45, 2.75) is 20.0 Å². The van der Waals surface area contributed by atoms with Gasteiger partial charge in [0.25, 0.3) is 0 Å². The molecule has 0 saturated heterocycles. The minimum atomic E-state index is -0.281. The molecule has 1 unspecified atom stereocenters. The lowest BCUT2D eigenvalue weighted by molar-refractivity contribution is 0.200. The maximum atomic E-state index is 9.44. The molecule has 1 aromatic carbocycles. The molecular weight excluding hydrogens is 188 g/mol. The van der Waals surface area contributed by atoms with Crippen LogP contribution < -0.4 is 10.2 Å². The molecule has 1 aliphatic heterocycles. The summed E-state index contributed by atoms with van der Waals surface area (Å²) in [5.41, 5.74) is 3.64. The number of anilines is 2. The molecule has 0 radical (unpaired) electrons. The molecule has 0 spiro atoms. The van der Waals surface area contributed by atoms with Gasteiger partial charge in [0.15, 0.2) is 0 Å². The van der Waals surface area contributed by atoms with Crippen LogP contribution in [0.4, 0.5) is 11.4 Å². The number of aliphatic hydroxyl groups is 1. The zero-order valence-corrected chi connectivity index (χ0v) is 9.33. The summed E-state index contributed by atoms with van der Waals surface area (Å²) >= 11 is 0. The van der Waals surface area contributed by atoms with Crippen LogP contribution in [0, 0.1) is 6.92 Å². The van der Waals surface area contributed by atoms with Gasteiger partial charge in [0.05, 0.1) is 17.5 Å². The summed E-state index contributed by atoms with van der Waals surface area (Å²) in [7, 11) is 0. The molecule has 2 N–H and O–H groups in total. The molecule has 0 bridgehead atoms. The fraction of sp³-hybridized carbons (Fsp3) is 0.500. The van der Waals surface area contributed by atoms with E-state index in [4.69, 9.17) is 0 Å². The van der Waals surface area contributed by atoms with Crippen LogP contribution in [0.1, 0.15) is 12.5 Å². The van der Waals surface area contributed by atoms with Gasteiger partial charge in [-0.05, 0) is 31.5 Å². The Morgan fingerprint density at radius 2 is 2.33 bits per heavy atom. The van der Waals surface area contributed by atoms with Crippen LogP contribution >= 0.6 is 0 Å². The molecule has 3 heteroatoms. The average molecular weight is 206 g/mol. The molecule has 0 saturated carbocycles. The van der Waals surface area contributed by atoms with Crippen molar-refractivity contribution < 1.29 is 5.11 Å². The monoisotopic (exact) mass is 206 g/mol. The number of nitrogens with zero attached hydrogens (tertiary/aromatic N) is 1. The summed E-state index contributed by atoms with van der Waals surface area (Å²) in [5, 5.41) is 12.8. The summed E-state index contributed by atoms with van der Waals surface area (Å²) in [6, 6.07) is 6.39. The van der Waals surface area contributed by atoms with E-state index in [1.807, 2.05) is 6.92 Å². The van der Waals surface area contributed by atoms with E-state index in [1.165, 1.54) is 16.9 Å². The minimum Gasteiger partial charge on any atom is -0.392 e. The molecule has 0 aliphatic carbocycles. The van der Waals surface area contributed by atoms with Crippen molar-refractivity contribution in [1.82, 2.24) is 0 Å². The van der Waals surface area contributed by atoms with Gasteiger partial charge in [-0.15, -0.1) is 0 Å². The third-order valence-electron chi connectivity index (χ3n) is 2.68. The smallest absolute Gasteiger partial charge is 0.0687 e. The number of hydrogen-bond acceptors (Lipinski definition) is 3. The molecule has 3 nitrogen and oxygen atoms in total. The molecule has 1 atom stereocenters.